The van der Waals surface area contributed by atoms with Gasteiger partial charge in [-0.15, -0.1) is 0 Å². The normalized spacial score (nSPS) is 15.2. The van der Waals surface area contributed by atoms with Gasteiger partial charge in [0.1, 0.15) is 5.78 Å². The SMILES string of the molecule is O=C(Cc1cccc(C(F)(F)F)c1)Cc1cc(S(=O)(=O)NCC2CCOCC2)ccc1-c1ccsc1. The Kier molecular flexibility index (Phi) is 8.29. The molecule has 0 saturated carbocycles. The molecule has 3 aromatic rings. The summed E-state index contributed by atoms with van der Waals surface area (Å²) in [5.41, 5.74) is 1.53. The van der Waals surface area contributed by atoms with E-state index in [2.05, 4.69) is 4.72 Å². The molecule has 0 aliphatic carbocycles. The molecule has 192 valence electrons. The number of hydrogen-bond acceptors (Lipinski definition) is 5. The first-order valence-corrected chi connectivity index (χ1v) is 13.9. The van der Waals surface area contributed by atoms with E-state index in [4.69, 9.17) is 4.74 Å². The van der Waals surface area contributed by atoms with Crippen LogP contribution in [0, 0.1) is 5.92 Å². The molecule has 0 amide bonds. The van der Waals surface area contributed by atoms with Crippen LogP contribution in [0.1, 0.15) is 29.5 Å². The molecule has 1 aliphatic heterocycles. The number of ether oxygens (including phenoxy) is 1. The number of carbonyl (C=O) groups is 1. The Morgan fingerprint density at radius 1 is 1.06 bits per heavy atom. The molecule has 0 spiro atoms. The molecule has 0 bridgehead atoms. The number of Topliss-reactive ketones (excluding diaryl/α,β-unsaturated/α-hetero) is 1. The average molecular weight is 538 g/mol. The number of halogens is 3. The van der Waals surface area contributed by atoms with Crippen molar-refractivity contribution in [2.45, 2.75) is 36.8 Å². The standard InChI is InChI=1S/C26H26F3NO4S2/c27-26(28,29)22-3-1-2-19(12-22)13-23(31)14-21-15-24(4-5-25(21)20-8-11-35-17-20)36(32,33)30-16-18-6-9-34-10-7-18/h1-5,8,11-12,15,17-18,30H,6-7,9-10,13-14,16H2. The van der Waals surface area contributed by atoms with Crippen molar-refractivity contribution < 1.29 is 31.1 Å². The van der Waals surface area contributed by atoms with Crippen molar-refractivity contribution in [3.8, 4) is 11.1 Å². The lowest BCUT2D eigenvalue weighted by Crippen LogP contribution is -2.32. The minimum Gasteiger partial charge on any atom is -0.381 e. The number of carbonyl (C=O) groups excluding carboxylic acids is 1. The van der Waals surface area contributed by atoms with Gasteiger partial charge in [-0.1, -0.05) is 24.3 Å². The largest absolute Gasteiger partial charge is 0.416 e. The molecule has 0 radical (unpaired) electrons. The van der Waals surface area contributed by atoms with Crippen LogP contribution in [0.4, 0.5) is 13.2 Å². The molecule has 1 saturated heterocycles. The molecule has 0 atom stereocenters. The molecule has 2 aromatic carbocycles. The predicted octanol–water partition coefficient (Wildman–Crippen LogP) is 5.49. The van der Waals surface area contributed by atoms with Crippen molar-refractivity contribution in [2.75, 3.05) is 19.8 Å². The van der Waals surface area contributed by atoms with Crippen LogP contribution in [0.5, 0.6) is 0 Å². The van der Waals surface area contributed by atoms with E-state index in [1.807, 2.05) is 16.8 Å². The van der Waals surface area contributed by atoms with Gasteiger partial charge in [0.2, 0.25) is 10.0 Å². The number of thiophene rings is 1. The first-order valence-electron chi connectivity index (χ1n) is 11.5. The van der Waals surface area contributed by atoms with Crippen LogP contribution in [0.15, 0.2) is 64.2 Å². The van der Waals surface area contributed by atoms with Crippen LogP contribution in [-0.4, -0.2) is 34.0 Å². The number of sulfonamides is 1. The van der Waals surface area contributed by atoms with E-state index in [1.165, 1.54) is 35.6 Å². The highest BCUT2D eigenvalue weighted by molar-refractivity contribution is 7.89. The summed E-state index contributed by atoms with van der Waals surface area (Å²) in [6.45, 7) is 1.53. The van der Waals surface area contributed by atoms with Gasteiger partial charge in [-0.05, 0) is 76.0 Å². The summed E-state index contributed by atoms with van der Waals surface area (Å²) in [7, 11) is -3.81. The van der Waals surface area contributed by atoms with E-state index in [-0.39, 0.29) is 35.0 Å². The third kappa shape index (κ3) is 6.82. The van der Waals surface area contributed by atoms with E-state index in [0.29, 0.717) is 25.3 Å². The summed E-state index contributed by atoms with van der Waals surface area (Å²) in [5.74, 6) is -0.109. The minimum atomic E-state index is -4.49. The average Bonchev–Trinajstić information content (AvgIpc) is 3.38. The van der Waals surface area contributed by atoms with Crippen LogP contribution < -0.4 is 4.72 Å². The number of benzene rings is 2. The van der Waals surface area contributed by atoms with Gasteiger partial charge in [0.05, 0.1) is 10.5 Å². The molecule has 1 N–H and O–H groups in total. The van der Waals surface area contributed by atoms with Crippen molar-refractivity contribution in [3.05, 3.63) is 76.0 Å². The summed E-state index contributed by atoms with van der Waals surface area (Å²) in [4.78, 5) is 13.0. The molecule has 36 heavy (non-hydrogen) atoms. The number of alkyl halides is 3. The summed E-state index contributed by atoms with van der Waals surface area (Å²) < 4.78 is 73.1. The minimum absolute atomic E-state index is 0.0513. The second kappa shape index (κ2) is 11.2. The summed E-state index contributed by atoms with van der Waals surface area (Å²) in [5, 5.41) is 3.78. The molecule has 5 nitrogen and oxygen atoms in total. The van der Waals surface area contributed by atoms with E-state index < -0.39 is 21.8 Å². The van der Waals surface area contributed by atoms with Gasteiger partial charge in [0.15, 0.2) is 0 Å². The molecular formula is C26H26F3NO4S2. The smallest absolute Gasteiger partial charge is 0.381 e. The first kappa shape index (κ1) is 26.5. The zero-order valence-corrected chi connectivity index (χ0v) is 21.0. The fourth-order valence-corrected chi connectivity index (χ4v) is 6.03. The Morgan fingerprint density at radius 2 is 1.83 bits per heavy atom. The van der Waals surface area contributed by atoms with Crippen molar-refractivity contribution in [2.24, 2.45) is 5.92 Å². The van der Waals surface area contributed by atoms with Crippen LogP contribution in [0.2, 0.25) is 0 Å². The van der Waals surface area contributed by atoms with E-state index in [9.17, 15) is 26.4 Å². The Labute approximate surface area is 212 Å². The van der Waals surface area contributed by atoms with Crippen LogP contribution >= 0.6 is 11.3 Å². The molecule has 10 heteroatoms. The van der Waals surface area contributed by atoms with Gasteiger partial charge in [-0.2, -0.15) is 24.5 Å². The lowest BCUT2D eigenvalue weighted by molar-refractivity contribution is -0.137. The Morgan fingerprint density at radius 3 is 2.53 bits per heavy atom. The maximum absolute atomic E-state index is 13.0. The van der Waals surface area contributed by atoms with Crippen molar-refractivity contribution in [1.82, 2.24) is 4.72 Å². The number of hydrogen-bond donors (Lipinski definition) is 1. The predicted molar refractivity (Wildman–Crippen MR) is 132 cm³/mol. The Hall–Kier alpha value is -2.53. The van der Waals surface area contributed by atoms with Crippen LogP contribution in [-0.2, 0) is 38.6 Å². The Bertz CT molecular complexity index is 1300. The first-order chi connectivity index (χ1) is 17.1. The van der Waals surface area contributed by atoms with Gasteiger partial charge < -0.3 is 4.74 Å². The van der Waals surface area contributed by atoms with Gasteiger partial charge >= 0.3 is 6.18 Å². The van der Waals surface area contributed by atoms with E-state index >= 15 is 0 Å². The highest BCUT2D eigenvalue weighted by Crippen LogP contribution is 2.31. The molecular weight excluding hydrogens is 511 g/mol. The summed E-state index contributed by atoms with van der Waals surface area (Å²) >= 11 is 1.47. The van der Waals surface area contributed by atoms with Gasteiger partial charge in [0.25, 0.3) is 0 Å². The lowest BCUT2D eigenvalue weighted by atomic mass is 9.95. The molecule has 1 fully saturated rings. The highest BCUT2D eigenvalue weighted by Gasteiger charge is 2.30. The third-order valence-electron chi connectivity index (χ3n) is 6.17. The maximum atomic E-state index is 13.0. The quantitative estimate of drug-likeness (QED) is 0.392. The summed E-state index contributed by atoms with van der Waals surface area (Å²) in [6, 6.07) is 11.2. The molecule has 2 heterocycles. The van der Waals surface area contributed by atoms with Crippen LogP contribution in [0.3, 0.4) is 0 Å². The maximum Gasteiger partial charge on any atom is 0.416 e. The van der Waals surface area contributed by atoms with Crippen LogP contribution in [0.25, 0.3) is 11.1 Å². The topological polar surface area (TPSA) is 72.5 Å². The Balaban J connectivity index is 1.55. The highest BCUT2D eigenvalue weighted by atomic mass is 32.2. The molecule has 1 aliphatic rings. The zero-order valence-electron chi connectivity index (χ0n) is 19.4. The van der Waals surface area contributed by atoms with Gasteiger partial charge in [-0.3, -0.25) is 4.79 Å². The number of ketones is 1. The second-order valence-electron chi connectivity index (χ2n) is 8.83. The molecule has 4 rings (SSSR count). The molecule has 1 aromatic heterocycles. The fraction of sp³-hybridized carbons (Fsp3) is 0.346. The lowest BCUT2D eigenvalue weighted by Gasteiger charge is -2.22. The van der Waals surface area contributed by atoms with E-state index in [1.54, 1.807) is 6.07 Å². The molecule has 0 unspecified atom stereocenters. The summed E-state index contributed by atoms with van der Waals surface area (Å²) in [6.07, 6.45) is -3.22. The number of rotatable bonds is 9. The van der Waals surface area contributed by atoms with E-state index in [0.717, 1.165) is 36.1 Å². The third-order valence-corrected chi connectivity index (χ3v) is 8.27. The second-order valence-corrected chi connectivity index (χ2v) is 11.4. The van der Waals surface area contributed by atoms with Crippen molar-refractivity contribution in [3.63, 3.8) is 0 Å². The van der Waals surface area contributed by atoms with Crippen molar-refractivity contribution in [1.29, 1.82) is 0 Å². The van der Waals surface area contributed by atoms with Crippen molar-refractivity contribution >= 4 is 27.1 Å². The fourth-order valence-electron chi connectivity index (χ4n) is 4.20. The number of nitrogens with one attached hydrogen (secondary N) is 1. The zero-order chi connectivity index (χ0) is 25.8. The monoisotopic (exact) mass is 537 g/mol. The van der Waals surface area contributed by atoms with Gasteiger partial charge in [-0.25, -0.2) is 13.1 Å². The van der Waals surface area contributed by atoms with Gasteiger partial charge in [0, 0.05) is 32.6 Å².